The van der Waals surface area contributed by atoms with Gasteiger partial charge in [-0.05, 0) is 68.4 Å². The zero-order chi connectivity index (χ0) is 32.8. The highest BCUT2D eigenvalue weighted by atomic mass is 32.2. The van der Waals surface area contributed by atoms with Crippen LogP contribution in [0.15, 0.2) is 96.0 Å². The zero-order valence-corrected chi connectivity index (χ0v) is 26.0. The lowest BCUT2D eigenvalue weighted by Gasteiger charge is -2.16. The van der Waals surface area contributed by atoms with Gasteiger partial charge in [0.15, 0.2) is 5.69 Å². The number of sulfonamides is 1. The van der Waals surface area contributed by atoms with Crippen molar-refractivity contribution >= 4 is 27.6 Å². The molecule has 0 atom stereocenters. The molecule has 3 aromatic carbocycles. The smallest absolute Gasteiger partial charge is 0.356 e. The van der Waals surface area contributed by atoms with Gasteiger partial charge in [0.2, 0.25) is 15.9 Å². The number of aromatic nitrogens is 3. The number of ether oxygens (including phenoxy) is 2. The summed E-state index contributed by atoms with van der Waals surface area (Å²) in [7, 11) is -2.80. The standard InChI is InChI=1S/C33H31N5O7S/c1-21-11-14-25(15-12-21)38-32(22(2)30(37-38)33(40)41)45-28-16-13-24(36-31(39)26-9-4-5-10-27(26)44-3)20-29(28)46(42,43)35-19-17-23-8-6-7-18-34-23/h4-16,18,20,35H,17,19H2,1-3H3,(H,36,39)(H,40,41). The molecule has 2 heterocycles. The lowest BCUT2D eigenvalue weighted by molar-refractivity contribution is 0.0689. The van der Waals surface area contributed by atoms with Crippen molar-refractivity contribution in [1.29, 1.82) is 0 Å². The second-order valence-corrected chi connectivity index (χ2v) is 12.0. The number of nitrogens with zero attached hydrogens (tertiary/aromatic N) is 3. The lowest BCUT2D eigenvalue weighted by atomic mass is 10.2. The highest BCUT2D eigenvalue weighted by Crippen LogP contribution is 2.35. The topological polar surface area (TPSA) is 162 Å². The summed E-state index contributed by atoms with van der Waals surface area (Å²) in [6, 6.07) is 23.3. The Morgan fingerprint density at radius 3 is 2.37 bits per heavy atom. The van der Waals surface area contributed by atoms with Crippen LogP contribution in [0.25, 0.3) is 5.69 Å². The van der Waals surface area contributed by atoms with Gasteiger partial charge >= 0.3 is 5.97 Å². The minimum atomic E-state index is -4.25. The molecule has 0 spiro atoms. The Morgan fingerprint density at radius 2 is 1.67 bits per heavy atom. The molecule has 0 fully saturated rings. The van der Waals surface area contributed by atoms with Gasteiger partial charge in [0.1, 0.15) is 16.4 Å². The van der Waals surface area contributed by atoms with Gasteiger partial charge in [-0.25, -0.2) is 17.9 Å². The molecule has 0 aliphatic heterocycles. The number of amides is 1. The third kappa shape index (κ3) is 7.06. The van der Waals surface area contributed by atoms with Gasteiger partial charge in [0.05, 0.1) is 18.4 Å². The van der Waals surface area contributed by atoms with Crippen LogP contribution >= 0.6 is 0 Å². The largest absolute Gasteiger partial charge is 0.496 e. The number of carboxylic acid groups (broad SMARTS) is 1. The minimum absolute atomic E-state index is 0.0111. The maximum Gasteiger partial charge on any atom is 0.356 e. The summed E-state index contributed by atoms with van der Waals surface area (Å²) in [6.45, 7) is 3.46. The van der Waals surface area contributed by atoms with Gasteiger partial charge in [-0.1, -0.05) is 35.9 Å². The van der Waals surface area contributed by atoms with Gasteiger partial charge < -0.3 is 19.9 Å². The SMILES string of the molecule is COc1ccccc1C(=O)Nc1ccc(Oc2c(C)c(C(=O)O)nn2-c2ccc(C)cc2)c(S(=O)(=O)NCCc2ccccn2)c1. The number of para-hydroxylation sites is 1. The first-order chi connectivity index (χ1) is 22.1. The van der Waals surface area contributed by atoms with Crippen molar-refractivity contribution in [2.45, 2.75) is 25.2 Å². The summed E-state index contributed by atoms with van der Waals surface area (Å²) in [4.78, 5) is 29.1. The van der Waals surface area contributed by atoms with E-state index in [2.05, 4.69) is 20.1 Å². The summed E-state index contributed by atoms with van der Waals surface area (Å²) in [5.41, 5.74) is 2.53. The summed E-state index contributed by atoms with van der Waals surface area (Å²) >= 11 is 0. The van der Waals surface area contributed by atoms with Crippen molar-refractivity contribution in [3.63, 3.8) is 0 Å². The van der Waals surface area contributed by atoms with E-state index in [0.29, 0.717) is 23.6 Å². The number of hydrogen-bond acceptors (Lipinski definition) is 8. The van der Waals surface area contributed by atoms with Crippen LogP contribution in [0.3, 0.4) is 0 Å². The number of carbonyl (C=O) groups is 2. The second kappa shape index (κ2) is 13.6. The number of methoxy groups -OCH3 is 1. The molecule has 0 saturated heterocycles. The number of rotatable bonds is 12. The Bertz CT molecular complexity index is 1990. The van der Waals surface area contributed by atoms with Crippen LogP contribution in [0.1, 0.15) is 37.7 Å². The molecule has 0 saturated carbocycles. The zero-order valence-electron chi connectivity index (χ0n) is 25.2. The average molecular weight is 642 g/mol. The molecule has 0 bridgehead atoms. The van der Waals surface area contributed by atoms with E-state index in [4.69, 9.17) is 9.47 Å². The summed E-state index contributed by atoms with van der Waals surface area (Å²) < 4.78 is 42.9. The average Bonchev–Trinajstić information content (AvgIpc) is 3.38. The number of carboxylic acids is 1. The highest BCUT2D eigenvalue weighted by molar-refractivity contribution is 7.89. The normalized spacial score (nSPS) is 11.2. The van der Waals surface area contributed by atoms with E-state index >= 15 is 0 Å². The number of hydrogen-bond donors (Lipinski definition) is 3. The molecule has 0 radical (unpaired) electrons. The molecule has 0 unspecified atom stereocenters. The predicted molar refractivity (Wildman–Crippen MR) is 171 cm³/mol. The van der Waals surface area contributed by atoms with E-state index in [1.54, 1.807) is 54.7 Å². The maximum absolute atomic E-state index is 13.8. The molecule has 5 aromatic rings. The number of aryl methyl sites for hydroxylation is 1. The number of anilines is 1. The van der Waals surface area contributed by atoms with Crippen LogP contribution in [0, 0.1) is 13.8 Å². The van der Waals surface area contributed by atoms with Crippen LogP contribution in [0.4, 0.5) is 5.69 Å². The quantitative estimate of drug-likeness (QED) is 0.167. The third-order valence-electron chi connectivity index (χ3n) is 7.00. The highest BCUT2D eigenvalue weighted by Gasteiger charge is 2.27. The minimum Gasteiger partial charge on any atom is -0.496 e. The first-order valence-electron chi connectivity index (χ1n) is 14.1. The molecule has 0 aliphatic carbocycles. The van der Waals surface area contributed by atoms with E-state index in [0.717, 1.165) is 5.56 Å². The molecule has 46 heavy (non-hydrogen) atoms. The first-order valence-corrected chi connectivity index (χ1v) is 15.6. The molecule has 13 heteroatoms. The number of nitrogens with one attached hydrogen (secondary N) is 2. The van der Waals surface area contributed by atoms with Crippen LogP contribution < -0.4 is 19.5 Å². The number of carbonyl (C=O) groups excluding carboxylic acids is 1. The van der Waals surface area contributed by atoms with Crippen molar-refractivity contribution in [1.82, 2.24) is 19.5 Å². The van der Waals surface area contributed by atoms with Gasteiger partial charge in [0.25, 0.3) is 5.91 Å². The van der Waals surface area contributed by atoms with Crippen LogP contribution in [-0.4, -0.2) is 53.8 Å². The summed E-state index contributed by atoms with van der Waals surface area (Å²) in [5.74, 6) is -1.55. The fourth-order valence-electron chi connectivity index (χ4n) is 4.62. The van der Waals surface area contributed by atoms with Gasteiger partial charge in [-0.2, -0.15) is 9.78 Å². The van der Waals surface area contributed by atoms with Crippen molar-refractivity contribution in [3.05, 3.63) is 119 Å². The number of pyridine rings is 1. The van der Waals surface area contributed by atoms with E-state index in [-0.39, 0.29) is 45.6 Å². The molecular weight excluding hydrogens is 610 g/mol. The molecule has 236 valence electrons. The van der Waals surface area contributed by atoms with Gasteiger partial charge in [0, 0.05) is 36.1 Å². The molecular formula is C33H31N5O7S. The van der Waals surface area contributed by atoms with Crippen molar-refractivity contribution in [2.75, 3.05) is 19.0 Å². The molecule has 0 aliphatic rings. The van der Waals surface area contributed by atoms with Crippen LogP contribution in [-0.2, 0) is 16.4 Å². The molecule has 12 nitrogen and oxygen atoms in total. The van der Waals surface area contributed by atoms with Crippen molar-refractivity contribution < 1.29 is 32.6 Å². The van der Waals surface area contributed by atoms with Crippen molar-refractivity contribution in [2.24, 2.45) is 0 Å². The van der Waals surface area contributed by atoms with Gasteiger partial charge in [-0.3, -0.25) is 9.78 Å². The Morgan fingerprint density at radius 1 is 0.935 bits per heavy atom. The number of benzene rings is 3. The van der Waals surface area contributed by atoms with Crippen LogP contribution in [0.5, 0.6) is 17.4 Å². The summed E-state index contributed by atoms with van der Waals surface area (Å²) in [5, 5.41) is 16.8. The molecule has 1 amide bonds. The fourth-order valence-corrected chi connectivity index (χ4v) is 5.80. The molecule has 5 rings (SSSR count). The monoisotopic (exact) mass is 641 g/mol. The third-order valence-corrected chi connectivity index (χ3v) is 8.48. The van der Waals surface area contributed by atoms with E-state index in [1.807, 2.05) is 25.1 Å². The Labute approximate surface area is 265 Å². The predicted octanol–water partition coefficient (Wildman–Crippen LogP) is 5.16. The molecule has 2 aromatic heterocycles. The van der Waals surface area contributed by atoms with E-state index in [1.165, 1.54) is 36.9 Å². The second-order valence-electron chi connectivity index (χ2n) is 10.2. The lowest BCUT2D eigenvalue weighted by Crippen LogP contribution is -2.27. The van der Waals surface area contributed by atoms with E-state index in [9.17, 15) is 23.1 Å². The Kier molecular flexibility index (Phi) is 9.45. The summed E-state index contributed by atoms with van der Waals surface area (Å²) in [6.07, 6.45) is 1.94. The Balaban J connectivity index is 1.54. The van der Waals surface area contributed by atoms with Crippen LogP contribution in [0.2, 0.25) is 0 Å². The van der Waals surface area contributed by atoms with E-state index < -0.39 is 21.9 Å². The van der Waals surface area contributed by atoms with Crippen molar-refractivity contribution in [3.8, 4) is 23.1 Å². The van der Waals surface area contributed by atoms with Gasteiger partial charge in [-0.15, -0.1) is 0 Å². The maximum atomic E-state index is 13.8. The molecule has 3 N–H and O–H groups in total. The first kappa shape index (κ1) is 31.9. The Hall–Kier alpha value is -5.53. The fraction of sp³-hybridized carbons (Fsp3) is 0.152. The number of aromatic carboxylic acids is 1.